The van der Waals surface area contributed by atoms with Crippen molar-refractivity contribution in [3.63, 3.8) is 0 Å². The summed E-state index contributed by atoms with van der Waals surface area (Å²) in [6.45, 7) is 8.60. The molecule has 4 aromatic rings. The Morgan fingerprint density at radius 3 is 2.26 bits per heavy atom. The zero-order valence-electron chi connectivity index (χ0n) is 22.6. The van der Waals surface area contributed by atoms with Crippen LogP contribution in [0.2, 0.25) is 5.02 Å². The summed E-state index contributed by atoms with van der Waals surface area (Å²) in [6, 6.07) is 20.8. The molecule has 3 aromatic carbocycles. The van der Waals surface area contributed by atoms with Gasteiger partial charge in [-0.25, -0.2) is 0 Å². The molecule has 1 unspecified atom stereocenters. The number of esters is 1. The van der Waals surface area contributed by atoms with Crippen LogP contribution in [0.5, 0.6) is 5.75 Å². The number of hydrogen-bond donors (Lipinski definition) is 0. The van der Waals surface area contributed by atoms with Gasteiger partial charge in [0, 0.05) is 27.6 Å². The summed E-state index contributed by atoms with van der Waals surface area (Å²) in [6.07, 6.45) is 1.10. The molecule has 0 bridgehead atoms. The van der Waals surface area contributed by atoms with E-state index in [9.17, 15) is 9.59 Å². The number of carbonyl (C=O) groups excluding carboxylic acids is 2. The van der Waals surface area contributed by atoms with E-state index in [2.05, 4.69) is 45.0 Å². The van der Waals surface area contributed by atoms with E-state index in [1.807, 2.05) is 25.1 Å². The van der Waals surface area contributed by atoms with Crippen molar-refractivity contribution in [2.75, 3.05) is 13.7 Å². The Hall–Kier alpha value is -3.57. The molecule has 1 atom stereocenters. The minimum atomic E-state index is -0.336. The quantitative estimate of drug-likeness (QED) is 0.211. The Morgan fingerprint density at radius 1 is 0.947 bits per heavy atom. The SMILES string of the molecule is COc1ccc2c(c1)c(CC(=O)OCC(C)c1ccc(CC(C)C)cc1)c(C)n2C(=O)c1ccc(Cl)cc1. The molecule has 198 valence electrons. The average molecular weight is 532 g/mol. The lowest BCUT2D eigenvalue weighted by molar-refractivity contribution is -0.143. The molecule has 0 saturated heterocycles. The molecule has 0 aliphatic carbocycles. The van der Waals surface area contributed by atoms with Crippen LogP contribution in [0.4, 0.5) is 0 Å². The zero-order chi connectivity index (χ0) is 27.4. The summed E-state index contributed by atoms with van der Waals surface area (Å²) in [5, 5.41) is 1.35. The Bertz CT molecular complexity index is 1440. The van der Waals surface area contributed by atoms with Gasteiger partial charge in [-0.3, -0.25) is 14.2 Å². The third kappa shape index (κ3) is 6.11. The van der Waals surface area contributed by atoms with Gasteiger partial charge < -0.3 is 9.47 Å². The van der Waals surface area contributed by atoms with Crippen LogP contribution in [0.25, 0.3) is 10.9 Å². The third-order valence-electron chi connectivity index (χ3n) is 6.84. The van der Waals surface area contributed by atoms with Crippen molar-refractivity contribution in [1.82, 2.24) is 4.57 Å². The average Bonchev–Trinajstić information content (AvgIpc) is 3.17. The number of halogens is 1. The van der Waals surface area contributed by atoms with Crippen LogP contribution in [0, 0.1) is 12.8 Å². The van der Waals surface area contributed by atoms with Crippen LogP contribution >= 0.6 is 11.6 Å². The first kappa shape index (κ1) is 27.5. The lowest BCUT2D eigenvalue weighted by Crippen LogP contribution is -2.15. The van der Waals surface area contributed by atoms with E-state index in [1.54, 1.807) is 35.9 Å². The minimum absolute atomic E-state index is 0.0520. The maximum absolute atomic E-state index is 13.5. The smallest absolute Gasteiger partial charge is 0.310 e. The largest absolute Gasteiger partial charge is 0.497 e. The van der Waals surface area contributed by atoms with Crippen molar-refractivity contribution in [2.24, 2.45) is 5.92 Å². The fraction of sp³-hybridized carbons (Fsp3) is 0.312. The molecule has 6 heteroatoms. The fourth-order valence-electron chi connectivity index (χ4n) is 4.76. The maximum atomic E-state index is 13.5. The fourth-order valence-corrected chi connectivity index (χ4v) is 4.88. The molecule has 0 amide bonds. The van der Waals surface area contributed by atoms with Crippen molar-refractivity contribution >= 4 is 34.4 Å². The monoisotopic (exact) mass is 531 g/mol. The van der Waals surface area contributed by atoms with E-state index in [4.69, 9.17) is 21.1 Å². The van der Waals surface area contributed by atoms with Crippen LogP contribution in [-0.2, 0) is 22.4 Å². The van der Waals surface area contributed by atoms with Gasteiger partial charge in [0.05, 0.1) is 25.7 Å². The van der Waals surface area contributed by atoms with Gasteiger partial charge in [0.15, 0.2) is 0 Å². The number of methoxy groups -OCH3 is 1. The molecular formula is C32H34ClNO4. The molecule has 0 spiro atoms. The molecular weight excluding hydrogens is 498 g/mol. The number of rotatable bonds is 9. The van der Waals surface area contributed by atoms with Crippen LogP contribution in [0.15, 0.2) is 66.7 Å². The summed E-state index contributed by atoms with van der Waals surface area (Å²) in [5.41, 5.74) is 5.10. The summed E-state index contributed by atoms with van der Waals surface area (Å²) in [7, 11) is 1.59. The normalized spacial score (nSPS) is 12.1. The second-order valence-corrected chi connectivity index (χ2v) is 10.6. The van der Waals surface area contributed by atoms with E-state index in [0.717, 1.165) is 22.9 Å². The number of hydrogen-bond acceptors (Lipinski definition) is 4. The molecule has 0 aliphatic heterocycles. The molecule has 0 saturated carbocycles. The van der Waals surface area contributed by atoms with Crippen molar-refractivity contribution in [3.8, 4) is 5.75 Å². The Labute approximate surface area is 229 Å². The summed E-state index contributed by atoms with van der Waals surface area (Å²) >= 11 is 6.02. The number of fused-ring (bicyclic) bond motifs is 1. The molecule has 38 heavy (non-hydrogen) atoms. The molecule has 5 nitrogen and oxygen atoms in total. The first-order valence-corrected chi connectivity index (χ1v) is 13.3. The van der Waals surface area contributed by atoms with Gasteiger partial charge in [0.2, 0.25) is 0 Å². The van der Waals surface area contributed by atoms with Gasteiger partial charge in [-0.05, 0) is 78.4 Å². The predicted molar refractivity (Wildman–Crippen MR) is 152 cm³/mol. The van der Waals surface area contributed by atoms with Gasteiger partial charge in [-0.1, -0.05) is 56.6 Å². The van der Waals surface area contributed by atoms with Crippen LogP contribution in [-0.4, -0.2) is 30.2 Å². The van der Waals surface area contributed by atoms with Gasteiger partial charge in [-0.2, -0.15) is 0 Å². The first-order valence-electron chi connectivity index (χ1n) is 12.9. The van der Waals surface area contributed by atoms with Gasteiger partial charge >= 0.3 is 5.97 Å². The first-order chi connectivity index (χ1) is 18.2. The molecule has 0 N–H and O–H groups in total. The Balaban J connectivity index is 1.54. The highest BCUT2D eigenvalue weighted by atomic mass is 35.5. The summed E-state index contributed by atoms with van der Waals surface area (Å²) < 4.78 is 12.8. The van der Waals surface area contributed by atoms with E-state index in [0.29, 0.717) is 33.5 Å². The number of nitrogens with zero attached hydrogens (tertiary/aromatic N) is 1. The van der Waals surface area contributed by atoms with Crippen molar-refractivity contribution in [3.05, 3.63) is 99.7 Å². The molecule has 0 fully saturated rings. The van der Waals surface area contributed by atoms with Crippen molar-refractivity contribution in [2.45, 2.75) is 46.5 Å². The second-order valence-electron chi connectivity index (χ2n) is 10.2. The second kappa shape index (κ2) is 11.9. The highest BCUT2D eigenvalue weighted by Gasteiger charge is 2.23. The molecule has 1 aromatic heterocycles. The van der Waals surface area contributed by atoms with Gasteiger partial charge in [0.25, 0.3) is 5.91 Å². The molecule has 1 heterocycles. The minimum Gasteiger partial charge on any atom is -0.497 e. The molecule has 0 radical (unpaired) electrons. The third-order valence-corrected chi connectivity index (χ3v) is 7.10. The van der Waals surface area contributed by atoms with Crippen molar-refractivity contribution < 1.29 is 19.1 Å². The lowest BCUT2D eigenvalue weighted by atomic mass is 9.97. The van der Waals surface area contributed by atoms with E-state index < -0.39 is 0 Å². The predicted octanol–water partition coefficient (Wildman–Crippen LogP) is 7.39. The van der Waals surface area contributed by atoms with E-state index in [-0.39, 0.29) is 30.8 Å². The van der Waals surface area contributed by atoms with Crippen LogP contribution in [0.1, 0.15) is 59.4 Å². The van der Waals surface area contributed by atoms with E-state index >= 15 is 0 Å². The van der Waals surface area contributed by atoms with Crippen molar-refractivity contribution in [1.29, 1.82) is 0 Å². The highest BCUT2D eigenvalue weighted by molar-refractivity contribution is 6.30. The number of ether oxygens (including phenoxy) is 2. The zero-order valence-corrected chi connectivity index (χ0v) is 23.3. The topological polar surface area (TPSA) is 57.5 Å². The Kier molecular flexibility index (Phi) is 8.58. The maximum Gasteiger partial charge on any atom is 0.310 e. The standard InChI is InChI=1S/C32H34ClNO4/c1-20(2)16-23-6-8-24(9-7-23)21(3)19-38-31(35)18-28-22(4)34(30-15-14-27(37-5)17-29(28)30)32(36)25-10-12-26(33)13-11-25/h6-15,17,20-21H,16,18-19H2,1-5H3. The number of carbonyl (C=O) groups is 2. The highest BCUT2D eigenvalue weighted by Crippen LogP contribution is 2.31. The summed E-state index contributed by atoms with van der Waals surface area (Å²) in [4.78, 5) is 26.5. The van der Waals surface area contributed by atoms with Crippen LogP contribution in [0.3, 0.4) is 0 Å². The van der Waals surface area contributed by atoms with Gasteiger partial charge in [0.1, 0.15) is 5.75 Å². The summed E-state index contributed by atoms with van der Waals surface area (Å²) in [5.74, 6) is 0.801. The molecule has 0 aliphatic rings. The molecule has 4 rings (SSSR count). The van der Waals surface area contributed by atoms with Gasteiger partial charge in [-0.15, -0.1) is 0 Å². The number of aromatic nitrogens is 1. The Morgan fingerprint density at radius 2 is 1.63 bits per heavy atom. The van der Waals surface area contributed by atoms with E-state index in [1.165, 1.54) is 5.56 Å². The lowest BCUT2D eigenvalue weighted by Gasteiger charge is -2.14. The van der Waals surface area contributed by atoms with Crippen LogP contribution < -0.4 is 4.74 Å². The number of benzene rings is 3.